The topological polar surface area (TPSA) is 106 Å². The van der Waals surface area contributed by atoms with E-state index in [1.165, 1.54) is 13.2 Å². The number of ether oxygens (including phenoxy) is 2. The molecule has 3 aromatic carbocycles. The van der Waals surface area contributed by atoms with Crippen LogP contribution in [0.2, 0.25) is 10.0 Å². The molecule has 0 aliphatic carbocycles. The Morgan fingerprint density at radius 1 is 1.15 bits per heavy atom. The summed E-state index contributed by atoms with van der Waals surface area (Å²) < 4.78 is 26.2. The lowest BCUT2D eigenvalue weighted by atomic mass is 9.73. The number of carbonyl (C=O) groups excluding carboxylic acids is 2. The number of nitrogens with one attached hydrogen (secondary N) is 2. The van der Waals surface area contributed by atoms with Gasteiger partial charge in [-0.15, -0.1) is 0 Å². The molecule has 0 bridgehead atoms. The average Bonchev–Trinajstić information content (AvgIpc) is 3.57. The molecule has 4 N–H and O–H groups in total. The second-order valence-corrected chi connectivity index (χ2v) is 11.4. The van der Waals surface area contributed by atoms with Crippen molar-refractivity contribution in [1.29, 1.82) is 0 Å². The molecule has 11 heteroatoms. The zero-order valence-corrected chi connectivity index (χ0v) is 23.9. The summed E-state index contributed by atoms with van der Waals surface area (Å²) in [6.45, 7) is 0.767. The number of nitrogen functional groups attached to an aromatic ring is 1. The fraction of sp³-hybridized carbons (Fsp3) is 0.333. The van der Waals surface area contributed by atoms with Gasteiger partial charge in [0.2, 0.25) is 5.91 Å². The fourth-order valence-electron chi connectivity index (χ4n) is 7.09. The lowest BCUT2D eigenvalue weighted by Crippen LogP contribution is -2.53. The van der Waals surface area contributed by atoms with Crippen LogP contribution in [0.25, 0.3) is 0 Å². The first-order chi connectivity index (χ1) is 19.7. The van der Waals surface area contributed by atoms with Crippen molar-refractivity contribution >= 4 is 46.5 Å². The van der Waals surface area contributed by atoms with Crippen molar-refractivity contribution in [2.45, 2.75) is 36.0 Å². The van der Waals surface area contributed by atoms with E-state index in [4.69, 9.17) is 38.4 Å². The molecule has 3 aliphatic heterocycles. The summed E-state index contributed by atoms with van der Waals surface area (Å²) in [4.78, 5) is 28.4. The van der Waals surface area contributed by atoms with Gasteiger partial charge in [-0.05, 0) is 47.9 Å². The highest BCUT2D eigenvalue weighted by Crippen LogP contribution is 2.60. The molecule has 214 valence electrons. The Morgan fingerprint density at radius 3 is 2.68 bits per heavy atom. The zero-order valence-electron chi connectivity index (χ0n) is 22.4. The summed E-state index contributed by atoms with van der Waals surface area (Å²) in [5.41, 5.74) is 8.43. The van der Waals surface area contributed by atoms with E-state index >= 15 is 4.39 Å². The summed E-state index contributed by atoms with van der Waals surface area (Å²) in [6, 6.07) is 14.5. The number of nitrogens with zero attached hydrogens (tertiary/aromatic N) is 1. The van der Waals surface area contributed by atoms with Gasteiger partial charge in [-0.1, -0.05) is 47.5 Å². The van der Waals surface area contributed by atoms with Crippen molar-refractivity contribution in [3.05, 3.63) is 92.7 Å². The third kappa shape index (κ3) is 4.21. The predicted octanol–water partition coefficient (Wildman–Crippen LogP) is 4.87. The normalized spacial score (nSPS) is 26.7. The number of carbonyl (C=O) groups is 2. The van der Waals surface area contributed by atoms with Gasteiger partial charge in [0.15, 0.2) is 0 Å². The molecule has 0 saturated carbocycles. The van der Waals surface area contributed by atoms with Gasteiger partial charge >= 0.3 is 5.97 Å². The molecule has 8 nitrogen and oxygen atoms in total. The van der Waals surface area contributed by atoms with E-state index < -0.39 is 23.2 Å². The largest absolute Gasteiger partial charge is 0.465 e. The van der Waals surface area contributed by atoms with E-state index in [0.29, 0.717) is 47.1 Å². The van der Waals surface area contributed by atoms with Gasteiger partial charge < -0.3 is 25.8 Å². The minimum Gasteiger partial charge on any atom is -0.465 e. The van der Waals surface area contributed by atoms with Crippen molar-refractivity contribution in [3.63, 3.8) is 0 Å². The molecule has 0 radical (unpaired) electrons. The Balaban J connectivity index is 1.51. The van der Waals surface area contributed by atoms with Crippen molar-refractivity contribution in [1.82, 2.24) is 10.2 Å². The molecule has 6 rings (SSSR count). The van der Waals surface area contributed by atoms with Crippen LogP contribution in [0.1, 0.15) is 45.4 Å². The molecule has 1 spiro atoms. The summed E-state index contributed by atoms with van der Waals surface area (Å²) in [7, 11) is 2.92. The quantitative estimate of drug-likeness (QED) is 0.275. The van der Waals surface area contributed by atoms with Crippen LogP contribution < -0.4 is 16.4 Å². The Kier molecular flexibility index (Phi) is 7.20. The number of methoxy groups -OCH3 is 2. The number of hydrogen-bond acceptors (Lipinski definition) is 7. The van der Waals surface area contributed by atoms with Gasteiger partial charge in [-0.2, -0.15) is 0 Å². The van der Waals surface area contributed by atoms with E-state index in [2.05, 4.69) is 15.5 Å². The van der Waals surface area contributed by atoms with Crippen LogP contribution >= 0.6 is 23.2 Å². The lowest BCUT2D eigenvalue weighted by Gasteiger charge is -2.40. The Hall–Kier alpha value is -3.21. The predicted molar refractivity (Wildman–Crippen MR) is 155 cm³/mol. The van der Waals surface area contributed by atoms with Crippen LogP contribution in [-0.4, -0.2) is 56.2 Å². The number of amides is 1. The molecule has 5 atom stereocenters. The standard InChI is InChI=1S/C30H29Cl2FN4O4/c1-40-11-10-37-24-14-22(17-8-6-15(12-21(17)34)28(38)41-2)35-27(24)25(18-4-3-5-20(32)26(18)33)30(37)19-9-7-16(31)13-23(19)36-29(30)39/h3-9,12-13,22,24-25,27,35H,10-11,14,34H2,1-2H3,(H,36,39)/t22?,24-,25-,27+,30+/m0/s1. The molecule has 2 fully saturated rings. The molecule has 2 saturated heterocycles. The smallest absolute Gasteiger partial charge is 0.337 e. The number of nitrogens with two attached hydrogens (primary N) is 1. The summed E-state index contributed by atoms with van der Waals surface area (Å²) in [6.07, 6.45) is 0.576. The summed E-state index contributed by atoms with van der Waals surface area (Å²) >= 11 is 12.6. The molecule has 1 unspecified atom stereocenters. The maximum absolute atomic E-state index is 15.9. The van der Waals surface area contributed by atoms with Gasteiger partial charge in [-0.25, -0.2) is 9.18 Å². The highest BCUT2D eigenvalue weighted by Gasteiger charge is 2.68. The van der Waals surface area contributed by atoms with Gasteiger partial charge in [0.1, 0.15) is 11.4 Å². The first-order valence-corrected chi connectivity index (χ1v) is 14.0. The van der Waals surface area contributed by atoms with Crippen molar-refractivity contribution in [2.75, 3.05) is 38.4 Å². The van der Waals surface area contributed by atoms with E-state index in [9.17, 15) is 9.59 Å². The molecule has 3 heterocycles. The van der Waals surface area contributed by atoms with Gasteiger partial charge in [0.05, 0.1) is 24.3 Å². The van der Waals surface area contributed by atoms with Crippen LogP contribution in [0.4, 0.5) is 15.8 Å². The molecule has 0 aromatic heterocycles. The van der Waals surface area contributed by atoms with E-state index in [0.717, 1.165) is 11.1 Å². The Labute approximate surface area is 246 Å². The number of hydrogen-bond donors (Lipinski definition) is 3. The molecule has 3 aliphatic rings. The van der Waals surface area contributed by atoms with Gasteiger partial charge in [0.25, 0.3) is 0 Å². The number of likely N-dealkylation sites (tertiary alicyclic amines) is 1. The zero-order chi connectivity index (χ0) is 29.1. The number of halogens is 3. The average molecular weight is 599 g/mol. The van der Waals surface area contributed by atoms with E-state index in [1.54, 1.807) is 43.5 Å². The first kappa shape index (κ1) is 27.9. The Bertz CT molecular complexity index is 1550. The van der Waals surface area contributed by atoms with Crippen LogP contribution in [0.15, 0.2) is 54.6 Å². The third-order valence-electron chi connectivity index (χ3n) is 8.67. The highest BCUT2D eigenvalue weighted by molar-refractivity contribution is 6.31. The molecule has 1 amide bonds. The third-order valence-corrected chi connectivity index (χ3v) is 9.20. The molecular formula is C30H29Cl2FN4O4. The molecule has 41 heavy (non-hydrogen) atoms. The van der Waals surface area contributed by atoms with Crippen molar-refractivity contribution in [2.24, 2.45) is 0 Å². The lowest BCUT2D eigenvalue weighted by molar-refractivity contribution is -0.128. The van der Waals surface area contributed by atoms with Crippen LogP contribution in [0, 0.1) is 5.82 Å². The van der Waals surface area contributed by atoms with Crippen LogP contribution in [0.5, 0.6) is 0 Å². The summed E-state index contributed by atoms with van der Waals surface area (Å²) in [5.74, 6) is -1.96. The number of anilines is 2. The summed E-state index contributed by atoms with van der Waals surface area (Å²) in [5, 5.41) is 7.18. The van der Waals surface area contributed by atoms with Crippen LogP contribution in [0.3, 0.4) is 0 Å². The maximum atomic E-state index is 15.9. The van der Waals surface area contributed by atoms with E-state index in [1.807, 2.05) is 12.1 Å². The number of esters is 1. The Morgan fingerprint density at radius 2 is 1.95 bits per heavy atom. The van der Waals surface area contributed by atoms with Crippen molar-refractivity contribution < 1.29 is 23.5 Å². The minimum atomic E-state index is -1.25. The van der Waals surface area contributed by atoms with Crippen LogP contribution in [-0.2, 0) is 19.8 Å². The van der Waals surface area contributed by atoms with E-state index in [-0.39, 0.29) is 29.1 Å². The highest BCUT2D eigenvalue weighted by atomic mass is 35.5. The number of benzene rings is 3. The van der Waals surface area contributed by atoms with Gasteiger partial charge in [-0.3, -0.25) is 9.69 Å². The fourth-order valence-corrected chi connectivity index (χ4v) is 7.44. The molecular weight excluding hydrogens is 570 g/mol. The SMILES string of the molecule is COCCN1[C@H]2CC(c3ccc(C(=O)OC)cc3N)N[C@H]2[C@H](c2cccc(Cl)c2F)[C@]12C(=O)Nc1cc(Cl)ccc12. The monoisotopic (exact) mass is 598 g/mol. The minimum absolute atomic E-state index is 0.0172. The van der Waals surface area contributed by atoms with Crippen molar-refractivity contribution in [3.8, 4) is 0 Å². The second-order valence-electron chi connectivity index (χ2n) is 10.6. The molecule has 3 aromatic rings. The second kappa shape index (κ2) is 10.6. The maximum Gasteiger partial charge on any atom is 0.337 e. The van der Waals surface area contributed by atoms with Gasteiger partial charge in [0, 0.05) is 59.7 Å². The number of fused-ring (bicyclic) bond motifs is 3. The first-order valence-electron chi connectivity index (χ1n) is 13.3. The number of rotatable bonds is 6.